The summed E-state index contributed by atoms with van der Waals surface area (Å²) in [6, 6.07) is 13.0. The third-order valence-electron chi connectivity index (χ3n) is 5.09. The van der Waals surface area contributed by atoms with E-state index in [9.17, 15) is 17.2 Å². The first-order valence-corrected chi connectivity index (χ1v) is 11.5. The SMILES string of the molecule is COCc1ccc(S(=O)(=O)Nc2c(Cc3c(F)cccc3F)cccc2OC)cc1COC. The van der Waals surface area contributed by atoms with E-state index in [0.717, 1.165) is 17.7 Å². The average Bonchev–Trinajstić information content (AvgIpc) is 2.78. The van der Waals surface area contributed by atoms with Gasteiger partial charge in [0.15, 0.2) is 0 Å². The van der Waals surface area contributed by atoms with E-state index in [4.69, 9.17) is 14.2 Å². The molecule has 0 aromatic heterocycles. The molecule has 0 saturated heterocycles. The number of methoxy groups -OCH3 is 3. The molecule has 3 aromatic rings. The van der Waals surface area contributed by atoms with Crippen LogP contribution in [0.2, 0.25) is 0 Å². The topological polar surface area (TPSA) is 73.9 Å². The number of hydrogen-bond donors (Lipinski definition) is 1. The highest BCUT2D eigenvalue weighted by Crippen LogP contribution is 2.33. The summed E-state index contributed by atoms with van der Waals surface area (Å²) in [5.41, 5.74) is 1.76. The number of para-hydroxylation sites is 1. The van der Waals surface area contributed by atoms with Crippen LogP contribution in [0.15, 0.2) is 59.5 Å². The Labute approximate surface area is 192 Å². The van der Waals surface area contributed by atoms with Gasteiger partial charge < -0.3 is 14.2 Å². The highest BCUT2D eigenvalue weighted by Gasteiger charge is 2.22. The second-order valence-electron chi connectivity index (χ2n) is 7.27. The Morgan fingerprint density at radius 1 is 0.818 bits per heavy atom. The van der Waals surface area contributed by atoms with Crippen LogP contribution in [-0.4, -0.2) is 29.7 Å². The minimum absolute atomic E-state index is 0.00308. The molecule has 0 aliphatic carbocycles. The predicted octanol–water partition coefficient (Wildman–Crippen LogP) is 4.66. The summed E-state index contributed by atoms with van der Waals surface area (Å²) in [7, 11) is 0.377. The first kappa shape index (κ1) is 24.6. The number of nitrogens with one attached hydrogen (secondary N) is 1. The second-order valence-corrected chi connectivity index (χ2v) is 8.96. The molecule has 3 aromatic carbocycles. The second kappa shape index (κ2) is 10.7. The lowest BCUT2D eigenvalue weighted by molar-refractivity contribution is 0.168. The molecular weight excluding hydrogens is 452 g/mol. The molecule has 0 spiro atoms. The van der Waals surface area contributed by atoms with Crippen LogP contribution in [-0.2, 0) is 39.1 Å². The van der Waals surface area contributed by atoms with E-state index in [0.29, 0.717) is 17.7 Å². The molecule has 0 amide bonds. The first-order chi connectivity index (χ1) is 15.8. The fraction of sp³-hybridized carbons (Fsp3) is 0.250. The lowest BCUT2D eigenvalue weighted by Gasteiger charge is -2.17. The number of ether oxygens (including phenoxy) is 3. The van der Waals surface area contributed by atoms with Crippen molar-refractivity contribution in [2.45, 2.75) is 24.5 Å². The Balaban J connectivity index is 2.02. The van der Waals surface area contributed by atoms with Crippen LogP contribution in [0.3, 0.4) is 0 Å². The molecule has 6 nitrogen and oxygen atoms in total. The normalized spacial score (nSPS) is 11.4. The maximum absolute atomic E-state index is 14.2. The van der Waals surface area contributed by atoms with E-state index < -0.39 is 21.7 Å². The standard InChI is InChI=1S/C24H25F2NO5S/c1-30-14-17-10-11-19(12-18(17)15-31-2)33(28,29)27-24-16(6-4-9-23(24)32-3)13-20-21(25)7-5-8-22(20)26/h4-12,27H,13-15H2,1-3H3. The van der Waals surface area contributed by atoms with Crippen molar-refractivity contribution in [3.63, 3.8) is 0 Å². The summed E-state index contributed by atoms with van der Waals surface area (Å²) in [5.74, 6) is -1.21. The molecule has 0 heterocycles. The summed E-state index contributed by atoms with van der Waals surface area (Å²) >= 11 is 0. The molecule has 0 saturated carbocycles. The van der Waals surface area contributed by atoms with Crippen LogP contribution in [0.5, 0.6) is 5.75 Å². The quantitative estimate of drug-likeness (QED) is 0.460. The molecule has 0 radical (unpaired) electrons. The molecule has 9 heteroatoms. The third kappa shape index (κ3) is 5.68. The van der Waals surface area contributed by atoms with Gasteiger partial charge in [0.2, 0.25) is 0 Å². The van der Waals surface area contributed by atoms with Gasteiger partial charge in [-0.2, -0.15) is 0 Å². The van der Waals surface area contributed by atoms with Crippen LogP contribution in [0.4, 0.5) is 14.5 Å². The van der Waals surface area contributed by atoms with Crippen LogP contribution >= 0.6 is 0 Å². The fourth-order valence-electron chi connectivity index (χ4n) is 3.45. The largest absolute Gasteiger partial charge is 0.495 e. The Hall–Kier alpha value is -3.01. The molecule has 33 heavy (non-hydrogen) atoms. The Bertz CT molecular complexity index is 1210. The number of anilines is 1. The first-order valence-electron chi connectivity index (χ1n) is 10.0. The van der Waals surface area contributed by atoms with Gasteiger partial charge in [-0.05, 0) is 47.0 Å². The summed E-state index contributed by atoms with van der Waals surface area (Å²) < 4.78 is 73.2. The highest BCUT2D eigenvalue weighted by atomic mass is 32.2. The van der Waals surface area contributed by atoms with Crippen molar-refractivity contribution < 1.29 is 31.4 Å². The molecule has 0 aliphatic rings. The van der Waals surface area contributed by atoms with Gasteiger partial charge in [-0.25, -0.2) is 17.2 Å². The van der Waals surface area contributed by atoms with Crippen LogP contribution in [0.1, 0.15) is 22.3 Å². The number of hydrogen-bond acceptors (Lipinski definition) is 5. The minimum atomic E-state index is -4.07. The van der Waals surface area contributed by atoms with Crippen LogP contribution in [0, 0.1) is 11.6 Å². The molecular formula is C24H25F2NO5S. The van der Waals surface area contributed by atoms with Crippen molar-refractivity contribution in [2.24, 2.45) is 0 Å². The maximum Gasteiger partial charge on any atom is 0.262 e. The predicted molar refractivity (Wildman–Crippen MR) is 121 cm³/mol. The summed E-state index contributed by atoms with van der Waals surface area (Å²) in [5, 5.41) is 0. The number of benzene rings is 3. The molecule has 0 aliphatic heterocycles. The van der Waals surface area contributed by atoms with Crippen molar-refractivity contribution in [3.8, 4) is 5.75 Å². The van der Waals surface area contributed by atoms with E-state index >= 15 is 0 Å². The van der Waals surface area contributed by atoms with Crippen LogP contribution < -0.4 is 9.46 Å². The minimum Gasteiger partial charge on any atom is -0.495 e. The Kier molecular flexibility index (Phi) is 8.01. The number of rotatable bonds is 10. The maximum atomic E-state index is 14.2. The van der Waals surface area contributed by atoms with E-state index in [-0.39, 0.29) is 34.9 Å². The van der Waals surface area contributed by atoms with E-state index in [1.807, 2.05) is 0 Å². The van der Waals surface area contributed by atoms with E-state index in [1.54, 1.807) is 31.4 Å². The zero-order valence-electron chi connectivity index (χ0n) is 18.5. The summed E-state index contributed by atoms with van der Waals surface area (Å²) in [4.78, 5) is 0.00308. The Morgan fingerprint density at radius 3 is 2.09 bits per heavy atom. The van der Waals surface area contributed by atoms with Crippen molar-refractivity contribution in [2.75, 3.05) is 26.1 Å². The van der Waals surface area contributed by atoms with Crippen molar-refractivity contribution >= 4 is 15.7 Å². The summed E-state index contributed by atoms with van der Waals surface area (Å²) in [6.07, 6.45) is -0.171. The van der Waals surface area contributed by atoms with E-state index in [1.165, 1.54) is 32.4 Å². The molecule has 0 fully saturated rings. The molecule has 0 atom stereocenters. The van der Waals surface area contributed by atoms with Gasteiger partial charge in [0.25, 0.3) is 10.0 Å². The summed E-state index contributed by atoms with van der Waals surface area (Å²) in [6.45, 7) is 0.506. The van der Waals surface area contributed by atoms with Gasteiger partial charge in [-0.1, -0.05) is 24.3 Å². The Morgan fingerprint density at radius 2 is 1.45 bits per heavy atom. The molecule has 3 rings (SSSR count). The van der Waals surface area contributed by atoms with Gasteiger partial charge in [-0.3, -0.25) is 4.72 Å². The zero-order valence-corrected chi connectivity index (χ0v) is 19.3. The smallest absolute Gasteiger partial charge is 0.262 e. The fourth-order valence-corrected chi connectivity index (χ4v) is 4.61. The molecule has 0 unspecified atom stereocenters. The monoisotopic (exact) mass is 477 g/mol. The van der Waals surface area contributed by atoms with E-state index in [2.05, 4.69) is 4.72 Å². The zero-order chi connectivity index (χ0) is 24.0. The molecule has 1 N–H and O–H groups in total. The van der Waals surface area contributed by atoms with Crippen molar-refractivity contribution in [3.05, 3.63) is 88.5 Å². The third-order valence-corrected chi connectivity index (χ3v) is 6.43. The van der Waals surface area contributed by atoms with Gasteiger partial charge in [0, 0.05) is 26.2 Å². The molecule has 176 valence electrons. The van der Waals surface area contributed by atoms with Gasteiger partial charge in [0.1, 0.15) is 17.4 Å². The van der Waals surface area contributed by atoms with Gasteiger partial charge in [0.05, 0.1) is 30.9 Å². The van der Waals surface area contributed by atoms with Crippen molar-refractivity contribution in [1.82, 2.24) is 0 Å². The lowest BCUT2D eigenvalue weighted by atomic mass is 10.0. The van der Waals surface area contributed by atoms with Gasteiger partial charge in [-0.15, -0.1) is 0 Å². The van der Waals surface area contributed by atoms with Crippen molar-refractivity contribution in [1.29, 1.82) is 0 Å². The highest BCUT2D eigenvalue weighted by molar-refractivity contribution is 7.92. The number of halogens is 2. The molecule has 0 bridgehead atoms. The van der Waals surface area contributed by atoms with Crippen LogP contribution in [0.25, 0.3) is 0 Å². The van der Waals surface area contributed by atoms with Gasteiger partial charge >= 0.3 is 0 Å². The average molecular weight is 478 g/mol. The number of sulfonamides is 1. The lowest BCUT2D eigenvalue weighted by Crippen LogP contribution is -2.16.